The highest BCUT2D eigenvalue weighted by Crippen LogP contribution is 2.23. The van der Waals surface area contributed by atoms with Gasteiger partial charge in [-0.3, -0.25) is 9.69 Å². The second-order valence-corrected chi connectivity index (χ2v) is 5.85. The third-order valence-electron chi connectivity index (χ3n) is 4.08. The van der Waals surface area contributed by atoms with Crippen molar-refractivity contribution in [2.75, 3.05) is 19.6 Å². The first-order chi connectivity index (χ1) is 8.54. The molecule has 5 nitrogen and oxygen atoms in total. The second kappa shape index (κ2) is 5.99. The number of hydrogen-bond donors (Lipinski definition) is 3. The van der Waals surface area contributed by atoms with Gasteiger partial charge in [-0.25, -0.2) is 0 Å². The lowest BCUT2D eigenvalue weighted by Gasteiger charge is -2.27. The van der Waals surface area contributed by atoms with E-state index in [4.69, 9.17) is 0 Å². The van der Waals surface area contributed by atoms with E-state index in [1.165, 1.54) is 12.8 Å². The molecule has 0 aromatic heterocycles. The maximum atomic E-state index is 11.8. The quantitative estimate of drug-likeness (QED) is 0.649. The molecular formula is C13H24N2O3. The molecule has 0 radical (unpaired) electrons. The molecule has 1 aliphatic carbocycles. The molecule has 2 rings (SSSR count). The van der Waals surface area contributed by atoms with Gasteiger partial charge in [0, 0.05) is 19.1 Å². The smallest absolute Gasteiger partial charge is 0.234 e. The van der Waals surface area contributed by atoms with Gasteiger partial charge in [0.25, 0.3) is 0 Å². The number of carbonyl (C=O) groups excluding carboxylic acids is 1. The van der Waals surface area contributed by atoms with Crippen LogP contribution in [0.15, 0.2) is 0 Å². The van der Waals surface area contributed by atoms with Crippen LogP contribution in [0.25, 0.3) is 0 Å². The van der Waals surface area contributed by atoms with Gasteiger partial charge in [0.15, 0.2) is 0 Å². The average molecular weight is 256 g/mol. The van der Waals surface area contributed by atoms with E-state index < -0.39 is 12.2 Å². The highest BCUT2D eigenvalue weighted by Gasteiger charge is 2.30. The fourth-order valence-electron chi connectivity index (χ4n) is 2.86. The Kier molecular flexibility index (Phi) is 4.59. The minimum absolute atomic E-state index is 0.0100. The molecule has 1 heterocycles. The molecule has 1 saturated carbocycles. The Hall–Kier alpha value is -0.650. The largest absolute Gasteiger partial charge is 0.389 e. The summed E-state index contributed by atoms with van der Waals surface area (Å²) in [6.07, 6.45) is 3.08. The Morgan fingerprint density at radius 1 is 1.17 bits per heavy atom. The standard InChI is InChI=1S/C13H24N2O3/c1-9-2-4-10(5-3-9)14-13(18)8-15-6-11(16)12(17)7-15/h9-12,16-17H,2-8H2,1H3,(H,14,18)/t9?,10?,11-,12+. The normalized spacial score (nSPS) is 37.7. The molecular weight excluding hydrogens is 232 g/mol. The Balaban J connectivity index is 1.69. The van der Waals surface area contributed by atoms with Gasteiger partial charge in [-0.15, -0.1) is 0 Å². The first kappa shape index (κ1) is 13.8. The number of aliphatic hydroxyl groups is 2. The van der Waals surface area contributed by atoms with E-state index in [0.717, 1.165) is 18.8 Å². The van der Waals surface area contributed by atoms with Crippen LogP contribution in [-0.2, 0) is 4.79 Å². The zero-order chi connectivity index (χ0) is 13.1. The third-order valence-corrected chi connectivity index (χ3v) is 4.08. The summed E-state index contributed by atoms with van der Waals surface area (Å²) in [5, 5.41) is 21.9. The van der Waals surface area contributed by atoms with Crippen molar-refractivity contribution >= 4 is 5.91 Å². The number of β-amino-alcohol motifs (C(OH)–C–C–N with tert-alkyl or cyclic N) is 2. The van der Waals surface area contributed by atoms with Crippen LogP contribution in [0.4, 0.5) is 0 Å². The molecule has 104 valence electrons. The van der Waals surface area contributed by atoms with Crippen LogP contribution < -0.4 is 5.32 Å². The molecule has 5 heteroatoms. The number of nitrogens with one attached hydrogen (secondary N) is 1. The van der Waals surface area contributed by atoms with Gasteiger partial charge in [0.05, 0.1) is 18.8 Å². The summed E-state index contributed by atoms with van der Waals surface area (Å²) in [5.41, 5.74) is 0. The van der Waals surface area contributed by atoms with Gasteiger partial charge in [-0.1, -0.05) is 6.92 Å². The monoisotopic (exact) mass is 256 g/mol. The molecule has 1 aliphatic heterocycles. The van der Waals surface area contributed by atoms with Crippen LogP contribution >= 0.6 is 0 Å². The number of carbonyl (C=O) groups is 1. The van der Waals surface area contributed by atoms with Gasteiger partial charge in [-0.2, -0.15) is 0 Å². The molecule has 0 bridgehead atoms. The summed E-state index contributed by atoms with van der Waals surface area (Å²) < 4.78 is 0. The predicted octanol–water partition coefficient (Wildman–Crippen LogP) is -0.281. The van der Waals surface area contributed by atoms with E-state index in [1.807, 2.05) is 0 Å². The van der Waals surface area contributed by atoms with Crippen molar-refractivity contribution in [3.8, 4) is 0 Å². The molecule has 1 amide bonds. The molecule has 18 heavy (non-hydrogen) atoms. The van der Waals surface area contributed by atoms with Crippen molar-refractivity contribution in [3.63, 3.8) is 0 Å². The molecule has 0 aromatic rings. The number of hydrogen-bond acceptors (Lipinski definition) is 4. The summed E-state index contributed by atoms with van der Waals surface area (Å²) in [4.78, 5) is 13.6. The van der Waals surface area contributed by atoms with Crippen LogP contribution in [0.5, 0.6) is 0 Å². The fraction of sp³-hybridized carbons (Fsp3) is 0.923. The number of amides is 1. The number of likely N-dealkylation sites (tertiary alicyclic amines) is 1. The topological polar surface area (TPSA) is 72.8 Å². The first-order valence-electron chi connectivity index (χ1n) is 6.92. The minimum atomic E-state index is -0.715. The highest BCUT2D eigenvalue weighted by atomic mass is 16.3. The van der Waals surface area contributed by atoms with Crippen molar-refractivity contribution in [2.24, 2.45) is 5.92 Å². The second-order valence-electron chi connectivity index (χ2n) is 5.85. The van der Waals surface area contributed by atoms with Crippen molar-refractivity contribution in [1.29, 1.82) is 0 Å². The maximum Gasteiger partial charge on any atom is 0.234 e. The lowest BCUT2D eigenvalue weighted by atomic mass is 9.87. The molecule has 0 aromatic carbocycles. The molecule has 2 fully saturated rings. The molecule has 0 spiro atoms. The molecule has 3 N–H and O–H groups in total. The highest BCUT2D eigenvalue weighted by molar-refractivity contribution is 5.78. The number of nitrogens with zero attached hydrogens (tertiary/aromatic N) is 1. The van der Waals surface area contributed by atoms with Crippen LogP contribution in [0.1, 0.15) is 32.6 Å². The Morgan fingerprint density at radius 3 is 2.28 bits per heavy atom. The lowest BCUT2D eigenvalue weighted by molar-refractivity contribution is -0.123. The van der Waals surface area contributed by atoms with E-state index in [9.17, 15) is 15.0 Å². The van der Waals surface area contributed by atoms with Gasteiger partial charge >= 0.3 is 0 Å². The molecule has 0 unspecified atom stereocenters. The Morgan fingerprint density at radius 2 is 1.72 bits per heavy atom. The summed E-state index contributed by atoms with van der Waals surface area (Å²) >= 11 is 0. The summed E-state index contributed by atoms with van der Waals surface area (Å²) in [5.74, 6) is 0.790. The summed E-state index contributed by atoms with van der Waals surface area (Å²) in [6, 6.07) is 0.311. The SMILES string of the molecule is CC1CCC(NC(=O)CN2C[C@@H](O)[C@@H](O)C2)CC1. The first-order valence-corrected chi connectivity index (χ1v) is 6.92. The number of aliphatic hydroxyl groups excluding tert-OH is 2. The van der Waals surface area contributed by atoms with Gasteiger partial charge < -0.3 is 15.5 Å². The Bertz CT molecular complexity index is 280. The van der Waals surface area contributed by atoms with E-state index in [1.54, 1.807) is 4.90 Å². The summed E-state index contributed by atoms with van der Waals surface area (Å²) in [6.45, 7) is 3.30. The van der Waals surface area contributed by atoms with Crippen molar-refractivity contribution < 1.29 is 15.0 Å². The van der Waals surface area contributed by atoms with E-state index in [2.05, 4.69) is 12.2 Å². The van der Waals surface area contributed by atoms with Crippen LogP contribution in [0.2, 0.25) is 0 Å². The number of rotatable bonds is 3. The lowest BCUT2D eigenvalue weighted by Crippen LogP contribution is -2.43. The fourth-order valence-corrected chi connectivity index (χ4v) is 2.86. The van der Waals surface area contributed by atoms with E-state index >= 15 is 0 Å². The van der Waals surface area contributed by atoms with Gasteiger partial charge in [0.2, 0.25) is 5.91 Å². The van der Waals surface area contributed by atoms with Crippen LogP contribution in [0, 0.1) is 5.92 Å². The van der Waals surface area contributed by atoms with Crippen molar-refractivity contribution in [2.45, 2.75) is 50.9 Å². The molecule has 2 aliphatic rings. The third kappa shape index (κ3) is 3.67. The zero-order valence-corrected chi connectivity index (χ0v) is 11.0. The molecule has 2 atom stereocenters. The zero-order valence-electron chi connectivity index (χ0n) is 11.0. The van der Waals surface area contributed by atoms with Gasteiger partial charge in [-0.05, 0) is 31.6 Å². The maximum absolute atomic E-state index is 11.8. The van der Waals surface area contributed by atoms with E-state index in [-0.39, 0.29) is 12.5 Å². The minimum Gasteiger partial charge on any atom is -0.389 e. The predicted molar refractivity (Wildman–Crippen MR) is 68.0 cm³/mol. The van der Waals surface area contributed by atoms with E-state index in [0.29, 0.717) is 19.1 Å². The van der Waals surface area contributed by atoms with Crippen LogP contribution in [0.3, 0.4) is 0 Å². The Labute approximate surface area is 108 Å². The van der Waals surface area contributed by atoms with Crippen molar-refractivity contribution in [3.05, 3.63) is 0 Å². The average Bonchev–Trinajstić information content (AvgIpc) is 2.61. The van der Waals surface area contributed by atoms with Crippen molar-refractivity contribution in [1.82, 2.24) is 10.2 Å². The summed E-state index contributed by atoms with van der Waals surface area (Å²) in [7, 11) is 0. The molecule has 1 saturated heterocycles. The van der Waals surface area contributed by atoms with Crippen LogP contribution in [-0.4, -0.2) is 58.9 Å². The van der Waals surface area contributed by atoms with Gasteiger partial charge in [0.1, 0.15) is 0 Å².